The van der Waals surface area contributed by atoms with Gasteiger partial charge in [0, 0.05) is 61.5 Å². The number of anilines is 1. The Morgan fingerprint density at radius 1 is 1.11 bits per heavy atom. The molecule has 0 aromatic carbocycles. The van der Waals surface area contributed by atoms with E-state index in [2.05, 4.69) is 21.1 Å². The summed E-state index contributed by atoms with van der Waals surface area (Å²) in [6.07, 6.45) is 8.31. The first kappa shape index (κ1) is 25.0. The number of rotatable bonds is 5. The lowest BCUT2D eigenvalue weighted by atomic mass is 10.1. The van der Waals surface area contributed by atoms with E-state index in [1.54, 1.807) is 40.4 Å². The molecule has 0 aliphatic carbocycles. The number of nitrogens with zero attached hydrogens (tertiary/aromatic N) is 7. The highest BCUT2D eigenvalue weighted by atomic mass is 16.6. The van der Waals surface area contributed by atoms with E-state index in [1.165, 1.54) is 0 Å². The molecule has 1 aliphatic heterocycles. The minimum atomic E-state index is -0.515. The van der Waals surface area contributed by atoms with E-state index >= 15 is 0 Å². The molecule has 194 valence electrons. The number of pyridine rings is 3. The van der Waals surface area contributed by atoms with Crippen molar-refractivity contribution < 1.29 is 14.3 Å². The first-order chi connectivity index (χ1) is 18.3. The number of carbonyl (C=O) groups excluding carboxylic acids is 1. The second-order valence-electron chi connectivity index (χ2n) is 10.1. The third-order valence-electron chi connectivity index (χ3n) is 6.15. The molecule has 0 spiro atoms. The summed E-state index contributed by atoms with van der Waals surface area (Å²) < 4.78 is 13.2. The fourth-order valence-electron chi connectivity index (χ4n) is 4.31. The van der Waals surface area contributed by atoms with Crippen molar-refractivity contribution >= 4 is 17.4 Å². The molecule has 1 aliphatic rings. The molecule has 5 heterocycles. The molecule has 0 N–H and O–H groups in total. The number of piperazine rings is 1. The number of nitriles is 1. The molecule has 0 unspecified atom stereocenters. The van der Waals surface area contributed by atoms with Crippen molar-refractivity contribution in [1.82, 2.24) is 24.5 Å². The first-order valence-electron chi connectivity index (χ1n) is 12.4. The molecule has 1 saturated heterocycles. The molecule has 0 bridgehead atoms. The Kier molecular flexibility index (Phi) is 6.83. The van der Waals surface area contributed by atoms with Crippen LogP contribution < -0.4 is 9.64 Å². The molecule has 10 heteroatoms. The Balaban J connectivity index is 1.34. The van der Waals surface area contributed by atoms with Crippen LogP contribution in [0.5, 0.6) is 5.75 Å². The van der Waals surface area contributed by atoms with Gasteiger partial charge in [-0.1, -0.05) is 6.07 Å². The van der Waals surface area contributed by atoms with Crippen molar-refractivity contribution in [2.45, 2.75) is 33.0 Å². The zero-order chi connectivity index (χ0) is 26.7. The van der Waals surface area contributed by atoms with Crippen LogP contribution in [0.1, 0.15) is 31.9 Å². The lowest BCUT2D eigenvalue weighted by Gasteiger charge is -2.36. The lowest BCUT2D eigenvalue weighted by Crippen LogP contribution is -2.50. The molecule has 10 nitrogen and oxygen atoms in total. The summed E-state index contributed by atoms with van der Waals surface area (Å²) in [6, 6.07) is 11.9. The number of hydrogen-bond acceptors (Lipinski definition) is 8. The van der Waals surface area contributed by atoms with E-state index in [4.69, 9.17) is 14.5 Å². The normalized spacial score (nSPS) is 13.8. The molecule has 1 fully saturated rings. The fourth-order valence-corrected chi connectivity index (χ4v) is 4.31. The summed E-state index contributed by atoms with van der Waals surface area (Å²) in [5, 5.41) is 14.0. The predicted octanol–water partition coefficient (Wildman–Crippen LogP) is 4.30. The van der Waals surface area contributed by atoms with Gasteiger partial charge in [-0.15, -0.1) is 0 Å². The highest BCUT2D eigenvalue weighted by Gasteiger charge is 2.26. The van der Waals surface area contributed by atoms with Crippen LogP contribution in [0.4, 0.5) is 10.6 Å². The Morgan fingerprint density at radius 2 is 1.92 bits per heavy atom. The van der Waals surface area contributed by atoms with Crippen molar-refractivity contribution in [1.29, 1.82) is 5.26 Å². The van der Waals surface area contributed by atoms with Gasteiger partial charge in [-0.05, 0) is 45.0 Å². The van der Waals surface area contributed by atoms with Gasteiger partial charge in [-0.2, -0.15) is 10.4 Å². The molecule has 4 aromatic heterocycles. The Morgan fingerprint density at radius 3 is 2.58 bits per heavy atom. The zero-order valence-electron chi connectivity index (χ0n) is 21.7. The molecule has 0 atom stereocenters. The van der Waals surface area contributed by atoms with Gasteiger partial charge < -0.3 is 19.3 Å². The second kappa shape index (κ2) is 10.4. The third kappa shape index (κ3) is 5.52. The second-order valence-corrected chi connectivity index (χ2v) is 10.1. The molecule has 0 radical (unpaired) electrons. The maximum Gasteiger partial charge on any atom is 0.410 e. The summed E-state index contributed by atoms with van der Waals surface area (Å²) in [7, 11) is 0. The molecule has 0 saturated carbocycles. The molecule has 5 rings (SSSR count). The number of ether oxygens (including phenoxy) is 2. The molecular formula is C28H29N7O3. The largest absolute Gasteiger partial charge is 0.487 e. The Hall–Kier alpha value is -4.65. The monoisotopic (exact) mass is 511 g/mol. The van der Waals surface area contributed by atoms with Crippen LogP contribution in [0.2, 0.25) is 0 Å². The summed E-state index contributed by atoms with van der Waals surface area (Å²) in [6.45, 7) is 8.42. The van der Waals surface area contributed by atoms with Gasteiger partial charge in [0.05, 0.1) is 23.5 Å². The van der Waals surface area contributed by atoms with Gasteiger partial charge in [0.2, 0.25) is 0 Å². The maximum atomic E-state index is 12.4. The highest BCUT2D eigenvalue weighted by Crippen LogP contribution is 2.31. The van der Waals surface area contributed by atoms with Gasteiger partial charge >= 0.3 is 6.09 Å². The standard InChI is InChI=1S/C28H29N7O3/c1-28(2,3)38-27(36)34-11-9-33(10-12-34)25-7-6-21(16-31-25)24-13-23(37-19-20-5-4-8-30-15-20)18-35-26(24)22(14-29)17-32-35/h4-8,13,15-18H,9-12,19H2,1-3H3. The summed E-state index contributed by atoms with van der Waals surface area (Å²) in [4.78, 5) is 25.1. The van der Waals surface area contributed by atoms with Gasteiger partial charge in [0.1, 0.15) is 29.8 Å². The van der Waals surface area contributed by atoms with Crippen LogP contribution in [0.25, 0.3) is 16.6 Å². The summed E-state index contributed by atoms with van der Waals surface area (Å²) in [5.74, 6) is 1.44. The first-order valence-corrected chi connectivity index (χ1v) is 12.4. The highest BCUT2D eigenvalue weighted by molar-refractivity contribution is 5.85. The number of aromatic nitrogens is 4. The van der Waals surface area contributed by atoms with Crippen LogP contribution in [0, 0.1) is 11.3 Å². The SMILES string of the molecule is CC(C)(C)OC(=O)N1CCN(c2ccc(-c3cc(OCc4cccnc4)cn4ncc(C#N)c34)cn2)CC1. The van der Waals surface area contributed by atoms with Gasteiger partial charge in [-0.25, -0.2) is 14.3 Å². The van der Waals surface area contributed by atoms with Crippen molar-refractivity contribution in [3.05, 3.63) is 72.4 Å². The Bertz CT molecular complexity index is 1460. The van der Waals surface area contributed by atoms with E-state index in [0.29, 0.717) is 49.6 Å². The minimum Gasteiger partial charge on any atom is -0.487 e. The van der Waals surface area contributed by atoms with Gasteiger partial charge in [0.15, 0.2) is 0 Å². The Labute approximate surface area is 221 Å². The molecule has 38 heavy (non-hydrogen) atoms. The number of carbonyl (C=O) groups is 1. The average Bonchev–Trinajstić information content (AvgIpc) is 3.34. The van der Waals surface area contributed by atoms with E-state index in [-0.39, 0.29) is 6.09 Å². The van der Waals surface area contributed by atoms with Crippen LogP contribution in [0.15, 0.2) is 61.3 Å². The van der Waals surface area contributed by atoms with E-state index in [9.17, 15) is 10.1 Å². The number of fused-ring (bicyclic) bond motifs is 1. The molecular weight excluding hydrogens is 482 g/mol. The van der Waals surface area contributed by atoms with Gasteiger partial charge in [-0.3, -0.25) is 4.98 Å². The van der Waals surface area contributed by atoms with Crippen molar-refractivity contribution in [2.75, 3.05) is 31.1 Å². The van der Waals surface area contributed by atoms with Crippen LogP contribution in [0.3, 0.4) is 0 Å². The minimum absolute atomic E-state index is 0.288. The topological polar surface area (TPSA) is 109 Å². The average molecular weight is 512 g/mol. The molecule has 1 amide bonds. The predicted molar refractivity (Wildman–Crippen MR) is 142 cm³/mol. The zero-order valence-corrected chi connectivity index (χ0v) is 21.7. The van der Waals surface area contributed by atoms with Crippen LogP contribution >= 0.6 is 0 Å². The fraction of sp³-hybridized carbons (Fsp3) is 0.321. The number of amides is 1. The van der Waals surface area contributed by atoms with Crippen LogP contribution in [-0.4, -0.2) is 62.4 Å². The molecule has 4 aromatic rings. The maximum absolute atomic E-state index is 12.4. The van der Waals surface area contributed by atoms with Crippen molar-refractivity contribution in [3.63, 3.8) is 0 Å². The van der Waals surface area contributed by atoms with E-state index < -0.39 is 5.60 Å². The van der Waals surface area contributed by atoms with Crippen LogP contribution in [-0.2, 0) is 11.3 Å². The van der Waals surface area contributed by atoms with E-state index in [1.807, 2.05) is 51.1 Å². The van der Waals surface area contributed by atoms with E-state index in [0.717, 1.165) is 22.5 Å². The van der Waals surface area contributed by atoms with Crippen molar-refractivity contribution in [2.24, 2.45) is 0 Å². The summed E-state index contributed by atoms with van der Waals surface area (Å²) in [5.41, 5.74) is 3.25. The lowest BCUT2D eigenvalue weighted by molar-refractivity contribution is 0.0240. The van der Waals surface area contributed by atoms with Crippen molar-refractivity contribution in [3.8, 4) is 22.9 Å². The van der Waals surface area contributed by atoms with Gasteiger partial charge in [0.25, 0.3) is 0 Å². The number of hydrogen-bond donors (Lipinski definition) is 0. The quantitative estimate of drug-likeness (QED) is 0.390. The third-order valence-corrected chi connectivity index (χ3v) is 6.15. The smallest absolute Gasteiger partial charge is 0.410 e. The summed E-state index contributed by atoms with van der Waals surface area (Å²) >= 11 is 0.